The predicted molar refractivity (Wildman–Crippen MR) is 61.6 cm³/mol. The summed E-state index contributed by atoms with van der Waals surface area (Å²) in [7, 11) is 3.28. The lowest BCUT2D eigenvalue weighted by molar-refractivity contribution is 0.0598. The Morgan fingerprint density at radius 1 is 1.44 bits per heavy atom. The van der Waals surface area contributed by atoms with Gasteiger partial charge in [0.1, 0.15) is 0 Å². The predicted octanol–water partition coefficient (Wildman–Crippen LogP) is 1.35. The van der Waals surface area contributed by atoms with E-state index in [4.69, 9.17) is 4.74 Å². The molecule has 0 spiro atoms. The van der Waals surface area contributed by atoms with Crippen LogP contribution in [0.5, 0.6) is 0 Å². The lowest BCUT2D eigenvalue weighted by Gasteiger charge is -2.07. The van der Waals surface area contributed by atoms with E-state index in [-0.39, 0.29) is 5.97 Å². The maximum Gasteiger partial charge on any atom is 0.339 e. The van der Waals surface area contributed by atoms with Gasteiger partial charge in [0, 0.05) is 24.9 Å². The maximum absolute atomic E-state index is 11.7. The number of carbonyl (C=O) groups excluding carboxylic acids is 1. The molecule has 0 saturated heterocycles. The molecule has 0 amide bonds. The zero-order chi connectivity index (χ0) is 12.5. The summed E-state index contributed by atoms with van der Waals surface area (Å²) in [5.41, 5.74) is 3.34. The lowest BCUT2D eigenvalue weighted by atomic mass is 10.0. The van der Waals surface area contributed by atoms with Gasteiger partial charge in [-0.05, 0) is 26.3 Å². The van der Waals surface area contributed by atoms with Gasteiger partial charge >= 0.3 is 5.97 Å². The third-order valence-electron chi connectivity index (χ3n) is 3.00. The van der Waals surface area contributed by atoms with Crippen molar-refractivity contribution in [2.75, 3.05) is 7.11 Å². The van der Waals surface area contributed by atoms with Gasteiger partial charge in [-0.1, -0.05) is 0 Å². The van der Waals surface area contributed by atoms with Crippen LogP contribution in [0.1, 0.15) is 34.2 Å². The van der Waals surface area contributed by atoms with Gasteiger partial charge in [-0.25, -0.2) is 4.79 Å². The third-order valence-corrected chi connectivity index (χ3v) is 3.00. The number of hydrogen-bond acceptors (Lipinski definition) is 3. The van der Waals surface area contributed by atoms with E-state index in [0.717, 1.165) is 17.0 Å². The minimum atomic E-state index is -0.469. The normalized spacial score (nSPS) is 12.6. The van der Waals surface area contributed by atoms with Crippen LogP contribution in [0.25, 0.3) is 0 Å². The highest BCUT2D eigenvalue weighted by atomic mass is 16.5. The summed E-state index contributed by atoms with van der Waals surface area (Å²) in [5.74, 6) is -0.336. The van der Waals surface area contributed by atoms with Crippen LogP contribution in [-0.2, 0) is 18.2 Å². The highest BCUT2D eigenvalue weighted by Crippen LogP contribution is 2.23. The number of ether oxygens (including phenoxy) is 1. The lowest BCUT2D eigenvalue weighted by Crippen LogP contribution is -2.11. The number of hydrogen-bond donors (Lipinski definition) is 1. The van der Waals surface area contributed by atoms with E-state index in [1.807, 2.05) is 25.5 Å². The van der Waals surface area contributed by atoms with E-state index in [0.29, 0.717) is 12.0 Å². The van der Waals surface area contributed by atoms with Crippen molar-refractivity contribution in [3.63, 3.8) is 0 Å². The highest BCUT2D eigenvalue weighted by Gasteiger charge is 2.22. The Labute approximate surface area is 95.8 Å². The Hall–Kier alpha value is -1.29. The van der Waals surface area contributed by atoms with Crippen molar-refractivity contribution in [3.05, 3.63) is 22.5 Å². The SMILES string of the molecule is COC(=O)c1c(C[C@H](C)O)c(C)n(C)c1C. The number of carbonyl (C=O) groups is 1. The van der Waals surface area contributed by atoms with Gasteiger partial charge in [-0.2, -0.15) is 0 Å². The summed E-state index contributed by atoms with van der Waals surface area (Å²) in [6, 6.07) is 0. The molecule has 0 aliphatic rings. The van der Waals surface area contributed by atoms with Crippen LogP contribution >= 0.6 is 0 Å². The number of rotatable bonds is 3. The van der Waals surface area contributed by atoms with Gasteiger partial charge in [0.25, 0.3) is 0 Å². The Bertz CT molecular complexity index is 405. The van der Waals surface area contributed by atoms with Crippen molar-refractivity contribution in [2.24, 2.45) is 7.05 Å². The first-order valence-electron chi connectivity index (χ1n) is 5.31. The molecule has 1 aromatic rings. The van der Waals surface area contributed by atoms with Crippen LogP contribution in [0.15, 0.2) is 0 Å². The van der Waals surface area contributed by atoms with Crippen molar-refractivity contribution < 1.29 is 14.6 Å². The number of methoxy groups -OCH3 is 1. The Morgan fingerprint density at radius 2 is 2.00 bits per heavy atom. The van der Waals surface area contributed by atoms with E-state index in [9.17, 15) is 9.90 Å². The van der Waals surface area contributed by atoms with Gasteiger partial charge in [-0.3, -0.25) is 0 Å². The summed E-state index contributed by atoms with van der Waals surface area (Å²) < 4.78 is 6.72. The van der Waals surface area contributed by atoms with Crippen LogP contribution in [-0.4, -0.2) is 28.9 Å². The average molecular weight is 225 g/mol. The van der Waals surface area contributed by atoms with Crippen LogP contribution < -0.4 is 0 Å². The summed E-state index contributed by atoms with van der Waals surface area (Å²) in [6.45, 7) is 5.53. The molecule has 1 N–H and O–H groups in total. The van der Waals surface area contributed by atoms with Crippen molar-refractivity contribution >= 4 is 5.97 Å². The molecular formula is C12H19NO3. The zero-order valence-electron chi connectivity index (χ0n) is 10.5. The topological polar surface area (TPSA) is 51.5 Å². The Kier molecular flexibility index (Phi) is 3.75. The average Bonchev–Trinajstić information content (AvgIpc) is 2.42. The molecule has 1 heterocycles. The van der Waals surface area contributed by atoms with Crippen LogP contribution in [0.4, 0.5) is 0 Å². The summed E-state index contributed by atoms with van der Waals surface area (Å²) in [4.78, 5) is 11.7. The molecule has 0 aliphatic carbocycles. The van der Waals surface area contributed by atoms with Crippen molar-refractivity contribution in [2.45, 2.75) is 33.3 Å². The van der Waals surface area contributed by atoms with E-state index in [2.05, 4.69) is 0 Å². The number of aromatic nitrogens is 1. The van der Waals surface area contributed by atoms with Crippen molar-refractivity contribution in [1.29, 1.82) is 0 Å². The van der Waals surface area contributed by atoms with Gasteiger partial charge in [0.05, 0.1) is 18.8 Å². The number of aliphatic hydroxyl groups is 1. The molecule has 0 unspecified atom stereocenters. The van der Waals surface area contributed by atoms with Gasteiger partial charge < -0.3 is 14.4 Å². The number of nitrogens with zero attached hydrogens (tertiary/aromatic N) is 1. The van der Waals surface area contributed by atoms with Gasteiger partial charge in [-0.15, -0.1) is 0 Å². The van der Waals surface area contributed by atoms with Crippen molar-refractivity contribution in [3.8, 4) is 0 Å². The van der Waals surface area contributed by atoms with E-state index >= 15 is 0 Å². The first-order valence-corrected chi connectivity index (χ1v) is 5.31. The first kappa shape index (κ1) is 12.8. The van der Waals surface area contributed by atoms with E-state index in [1.165, 1.54) is 7.11 Å². The number of aliphatic hydroxyl groups excluding tert-OH is 1. The molecule has 1 aromatic heterocycles. The fourth-order valence-corrected chi connectivity index (χ4v) is 1.94. The molecule has 4 heteroatoms. The smallest absolute Gasteiger partial charge is 0.339 e. The second-order valence-electron chi connectivity index (χ2n) is 4.13. The molecule has 0 aliphatic heterocycles. The summed E-state index contributed by atoms with van der Waals surface area (Å²) in [6.07, 6.45) is 0.00158. The summed E-state index contributed by atoms with van der Waals surface area (Å²) in [5, 5.41) is 9.45. The van der Waals surface area contributed by atoms with Crippen molar-refractivity contribution in [1.82, 2.24) is 4.57 Å². The maximum atomic E-state index is 11.7. The van der Waals surface area contributed by atoms with E-state index in [1.54, 1.807) is 6.92 Å². The van der Waals surface area contributed by atoms with E-state index < -0.39 is 6.10 Å². The van der Waals surface area contributed by atoms with Crippen LogP contribution in [0.3, 0.4) is 0 Å². The molecule has 1 atom stereocenters. The minimum Gasteiger partial charge on any atom is -0.465 e. The number of esters is 1. The standard InChI is InChI=1S/C12H19NO3/c1-7(14)6-10-8(2)13(4)9(3)11(10)12(15)16-5/h7,14H,6H2,1-5H3/t7-/m0/s1. The first-order chi connectivity index (χ1) is 7.40. The second-order valence-corrected chi connectivity index (χ2v) is 4.13. The molecule has 0 fully saturated rings. The molecule has 0 aromatic carbocycles. The second kappa shape index (κ2) is 4.70. The molecule has 90 valence electrons. The zero-order valence-corrected chi connectivity index (χ0v) is 10.5. The molecule has 1 rings (SSSR count). The third kappa shape index (κ3) is 2.11. The fourth-order valence-electron chi connectivity index (χ4n) is 1.94. The molecule has 4 nitrogen and oxygen atoms in total. The molecule has 0 bridgehead atoms. The molecule has 0 saturated carbocycles. The van der Waals surface area contributed by atoms with Gasteiger partial charge in [0.15, 0.2) is 0 Å². The minimum absolute atomic E-state index is 0.336. The molecule has 16 heavy (non-hydrogen) atoms. The molecule has 0 radical (unpaired) electrons. The highest BCUT2D eigenvalue weighted by molar-refractivity contribution is 5.93. The fraction of sp³-hybridized carbons (Fsp3) is 0.583. The Balaban J connectivity index is 3.33. The van der Waals surface area contributed by atoms with Crippen LogP contribution in [0.2, 0.25) is 0 Å². The Morgan fingerprint density at radius 3 is 2.44 bits per heavy atom. The molecular weight excluding hydrogens is 206 g/mol. The summed E-state index contributed by atoms with van der Waals surface area (Å²) >= 11 is 0. The quantitative estimate of drug-likeness (QED) is 0.790. The van der Waals surface area contributed by atoms with Crippen LogP contribution in [0, 0.1) is 13.8 Å². The van der Waals surface area contributed by atoms with Gasteiger partial charge in [0.2, 0.25) is 0 Å². The largest absolute Gasteiger partial charge is 0.465 e. The monoisotopic (exact) mass is 225 g/mol.